The number of nitrogens with one attached hydrogen (secondary N) is 2. The summed E-state index contributed by atoms with van der Waals surface area (Å²) in [7, 11) is 4.65. The lowest BCUT2D eigenvalue weighted by Gasteiger charge is -2.36. The first-order valence-corrected chi connectivity index (χ1v) is 17.2. The number of thioether (sulfide) groups is 1. The Morgan fingerprint density at radius 2 is 1.73 bits per heavy atom. The third-order valence-electron chi connectivity index (χ3n) is 8.77. The molecule has 3 amide bonds. The predicted octanol–water partition coefficient (Wildman–Crippen LogP) is 3.97. The molecule has 12 nitrogen and oxygen atoms in total. The van der Waals surface area contributed by atoms with E-state index < -0.39 is 12.1 Å². The van der Waals surface area contributed by atoms with Crippen LogP contribution in [0.25, 0.3) is 11.1 Å². The van der Waals surface area contributed by atoms with Crippen molar-refractivity contribution in [3.8, 4) is 28.4 Å². The molecule has 13 heteroatoms. The lowest BCUT2D eigenvalue weighted by atomic mass is 9.95. The summed E-state index contributed by atoms with van der Waals surface area (Å²) in [6.07, 6.45) is 5.04. The molecule has 1 aromatic heterocycles. The fourth-order valence-corrected chi connectivity index (χ4v) is 6.89. The summed E-state index contributed by atoms with van der Waals surface area (Å²) >= 11 is 1.61. The van der Waals surface area contributed by atoms with E-state index in [0.717, 1.165) is 11.1 Å². The summed E-state index contributed by atoms with van der Waals surface area (Å²) in [5.74, 6) is 1.80. The molecule has 1 saturated heterocycles. The molecular formula is C35H42N4O8S. The van der Waals surface area contributed by atoms with Gasteiger partial charge in [0.05, 0.1) is 39.3 Å². The van der Waals surface area contributed by atoms with Crippen LogP contribution in [0, 0.1) is 0 Å². The zero-order valence-corrected chi connectivity index (χ0v) is 28.7. The number of aryl methyl sites for hydroxylation is 1. The van der Waals surface area contributed by atoms with Gasteiger partial charge in [-0.3, -0.25) is 19.2 Å². The first-order valence-electron chi connectivity index (χ1n) is 15.8. The molecule has 2 N–H and O–H groups in total. The molecule has 1 fully saturated rings. The van der Waals surface area contributed by atoms with Crippen molar-refractivity contribution < 1.29 is 33.0 Å². The highest BCUT2D eigenvalue weighted by molar-refractivity contribution is 7.98. The molecular weight excluding hydrogens is 636 g/mol. The smallest absolute Gasteiger partial charge is 0.289 e. The Morgan fingerprint density at radius 3 is 2.35 bits per heavy atom. The van der Waals surface area contributed by atoms with E-state index in [1.807, 2.05) is 18.4 Å². The van der Waals surface area contributed by atoms with Gasteiger partial charge in [-0.05, 0) is 78.3 Å². The number of amides is 3. The topological polar surface area (TPSA) is 140 Å². The molecule has 0 radical (unpaired) electrons. The predicted molar refractivity (Wildman–Crippen MR) is 184 cm³/mol. The number of piperazine rings is 1. The normalized spacial score (nSPS) is 16.1. The molecule has 256 valence electrons. The van der Waals surface area contributed by atoms with Crippen LogP contribution in [-0.4, -0.2) is 93.1 Å². The van der Waals surface area contributed by atoms with Crippen molar-refractivity contribution in [2.75, 3.05) is 64.8 Å². The second-order valence-corrected chi connectivity index (χ2v) is 12.7. The van der Waals surface area contributed by atoms with E-state index in [-0.39, 0.29) is 34.6 Å². The average molecular weight is 679 g/mol. The Balaban J connectivity index is 1.49. The third-order valence-corrected chi connectivity index (χ3v) is 9.41. The van der Waals surface area contributed by atoms with Crippen LogP contribution in [0.3, 0.4) is 0 Å². The number of furan rings is 1. The Hall–Kier alpha value is -4.65. The minimum atomic E-state index is -0.669. The second kappa shape index (κ2) is 15.5. The van der Waals surface area contributed by atoms with Crippen molar-refractivity contribution in [1.29, 1.82) is 0 Å². The maximum absolute atomic E-state index is 13.9. The van der Waals surface area contributed by atoms with Crippen LogP contribution >= 0.6 is 11.8 Å². The van der Waals surface area contributed by atoms with Gasteiger partial charge in [0.2, 0.25) is 23.0 Å². The number of rotatable bonds is 11. The molecule has 2 heterocycles. The summed E-state index contributed by atoms with van der Waals surface area (Å²) in [6, 6.07) is 9.15. The number of nitrogens with zero attached hydrogens (tertiary/aromatic N) is 2. The minimum Gasteiger partial charge on any atom is -0.493 e. The SMILES string of the molecule is COc1cc2c(c(OC)c1OC)-c1ccc(NC(CCSC)C(=O)N3CCN(C(=O)c4ccco4)CC3)c(=O)cc1C(NC(C)=O)CC2. The van der Waals surface area contributed by atoms with Gasteiger partial charge in [0.25, 0.3) is 5.91 Å². The zero-order chi connectivity index (χ0) is 34.4. The van der Waals surface area contributed by atoms with Crippen LogP contribution in [-0.2, 0) is 16.0 Å². The zero-order valence-electron chi connectivity index (χ0n) is 27.9. The maximum atomic E-state index is 13.9. The lowest BCUT2D eigenvalue weighted by Crippen LogP contribution is -2.54. The van der Waals surface area contributed by atoms with E-state index in [1.165, 1.54) is 20.3 Å². The average Bonchev–Trinajstić information content (AvgIpc) is 3.54. The van der Waals surface area contributed by atoms with Crippen molar-refractivity contribution in [2.45, 2.75) is 38.3 Å². The molecule has 2 aliphatic rings. The van der Waals surface area contributed by atoms with Gasteiger partial charge in [-0.2, -0.15) is 11.8 Å². The molecule has 0 bridgehead atoms. The van der Waals surface area contributed by atoms with Crippen molar-refractivity contribution in [3.05, 3.63) is 69.8 Å². The van der Waals surface area contributed by atoms with Crippen LogP contribution in [0.4, 0.5) is 5.69 Å². The summed E-state index contributed by atoms with van der Waals surface area (Å²) < 4.78 is 22.4. The van der Waals surface area contributed by atoms with E-state index in [9.17, 15) is 19.2 Å². The molecule has 2 atom stereocenters. The monoisotopic (exact) mass is 678 g/mol. The van der Waals surface area contributed by atoms with Crippen LogP contribution in [0.5, 0.6) is 17.2 Å². The van der Waals surface area contributed by atoms with Crippen LogP contribution < -0.4 is 30.3 Å². The van der Waals surface area contributed by atoms with E-state index in [4.69, 9.17) is 18.6 Å². The largest absolute Gasteiger partial charge is 0.493 e. The van der Waals surface area contributed by atoms with Gasteiger partial charge in [-0.25, -0.2) is 0 Å². The summed E-state index contributed by atoms with van der Waals surface area (Å²) in [6.45, 7) is 2.93. The highest BCUT2D eigenvalue weighted by atomic mass is 32.2. The van der Waals surface area contributed by atoms with E-state index in [2.05, 4.69) is 10.6 Å². The van der Waals surface area contributed by atoms with Crippen LogP contribution in [0.1, 0.15) is 47.5 Å². The molecule has 1 aliphatic heterocycles. The van der Waals surface area contributed by atoms with Crippen LogP contribution in [0.15, 0.2) is 51.9 Å². The molecule has 0 saturated carbocycles. The van der Waals surface area contributed by atoms with Gasteiger partial charge in [0.1, 0.15) is 6.04 Å². The van der Waals surface area contributed by atoms with E-state index in [1.54, 1.807) is 60.0 Å². The molecule has 2 aromatic carbocycles. The number of ether oxygens (including phenoxy) is 3. The van der Waals surface area contributed by atoms with Crippen molar-refractivity contribution in [1.82, 2.24) is 15.1 Å². The number of fused-ring (bicyclic) bond motifs is 3. The van der Waals surface area contributed by atoms with Gasteiger partial charge < -0.3 is 39.1 Å². The standard InChI is InChI=1S/C35H42N4O8S/c1-21(40)36-25-10-8-22-19-30(44-2)32(45-3)33(46-4)31(22)23-9-11-26(28(41)20-24(23)25)37-27(12-18-48-5)34(42)38-13-15-39(16-14-38)35(43)29-7-6-17-47-29/h6-7,9,11,17,19-20,25,27H,8,10,12-16,18H2,1-5H3,(H,36,40)(H,37,41). The molecule has 1 aliphatic carbocycles. The van der Waals surface area contributed by atoms with E-state index >= 15 is 0 Å². The highest BCUT2D eigenvalue weighted by Gasteiger charge is 2.32. The Morgan fingerprint density at radius 1 is 1.00 bits per heavy atom. The number of benzene rings is 1. The Labute approximate surface area is 284 Å². The summed E-state index contributed by atoms with van der Waals surface area (Å²) in [5.41, 5.74) is 2.95. The molecule has 2 unspecified atom stereocenters. The fraction of sp³-hybridized carbons (Fsp3) is 0.429. The maximum Gasteiger partial charge on any atom is 0.289 e. The first-order chi connectivity index (χ1) is 23.2. The molecule has 0 spiro atoms. The molecule has 5 rings (SSSR count). The number of carbonyl (C=O) groups excluding carboxylic acids is 3. The van der Waals surface area contributed by atoms with Crippen LogP contribution in [0.2, 0.25) is 0 Å². The van der Waals surface area contributed by atoms with Gasteiger partial charge in [0, 0.05) is 38.7 Å². The second-order valence-electron chi connectivity index (χ2n) is 11.7. The van der Waals surface area contributed by atoms with Crippen molar-refractivity contribution in [2.24, 2.45) is 0 Å². The van der Waals surface area contributed by atoms with Crippen molar-refractivity contribution in [3.63, 3.8) is 0 Å². The Kier molecular flexibility index (Phi) is 11.2. The number of anilines is 1. The molecule has 48 heavy (non-hydrogen) atoms. The number of hydrogen-bond acceptors (Lipinski definition) is 10. The highest BCUT2D eigenvalue weighted by Crippen LogP contribution is 2.50. The number of methoxy groups -OCH3 is 3. The fourth-order valence-electron chi connectivity index (χ4n) is 6.41. The first kappa shape index (κ1) is 34.7. The van der Waals surface area contributed by atoms with Gasteiger partial charge in [0.15, 0.2) is 17.3 Å². The molecule has 3 aromatic rings. The third kappa shape index (κ3) is 7.25. The Bertz CT molecular complexity index is 1710. The number of hydrogen-bond donors (Lipinski definition) is 2. The van der Waals surface area contributed by atoms with Gasteiger partial charge >= 0.3 is 0 Å². The van der Waals surface area contributed by atoms with Crippen molar-refractivity contribution >= 4 is 35.2 Å². The van der Waals surface area contributed by atoms with Gasteiger partial charge in [-0.1, -0.05) is 6.07 Å². The summed E-state index contributed by atoms with van der Waals surface area (Å²) in [5, 5.41) is 6.29. The lowest BCUT2D eigenvalue weighted by molar-refractivity contribution is -0.133. The number of carbonyl (C=O) groups is 3. The van der Waals surface area contributed by atoms with Gasteiger partial charge in [-0.15, -0.1) is 0 Å². The minimum absolute atomic E-state index is 0.137. The quantitative estimate of drug-likeness (QED) is 0.306. The summed E-state index contributed by atoms with van der Waals surface area (Å²) in [4.78, 5) is 56.3. The van der Waals surface area contributed by atoms with E-state index in [0.29, 0.717) is 79.6 Å².